The second kappa shape index (κ2) is 10.1. The summed E-state index contributed by atoms with van der Waals surface area (Å²) in [4.78, 5) is 7.10. The maximum atomic E-state index is 5.27. The second-order valence-corrected chi connectivity index (χ2v) is 5.84. The molecule has 0 amide bonds. The highest BCUT2D eigenvalue weighted by molar-refractivity contribution is 14.0. The summed E-state index contributed by atoms with van der Waals surface area (Å²) in [6, 6.07) is 0. The van der Waals surface area contributed by atoms with Gasteiger partial charge in [-0.25, -0.2) is 0 Å². The molecule has 2 rings (SSSR count). The number of ether oxygens (including phenoxy) is 1. The van der Waals surface area contributed by atoms with Crippen molar-refractivity contribution in [2.24, 2.45) is 10.9 Å². The van der Waals surface area contributed by atoms with Gasteiger partial charge in [-0.2, -0.15) is 0 Å². The number of nitrogens with zero attached hydrogens (tertiary/aromatic N) is 3. The van der Waals surface area contributed by atoms with Gasteiger partial charge in [-0.1, -0.05) is 5.16 Å². The molecule has 1 fully saturated rings. The average Bonchev–Trinajstić information content (AvgIpc) is 3.08. The van der Waals surface area contributed by atoms with Crippen molar-refractivity contribution < 1.29 is 9.26 Å². The molecular weight excluding hydrogens is 407 g/mol. The number of halogens is 1. The van der Waals surface area contributed by atoms with Gasteiger partial charge in [0.1, 0.15) is 5.76 Å². The third-order valence-corrected chi connectivity index (χ3v) is 4.13. The molecule has 0 bridgehead atoms. The third-order valence-electron chi connectivity index (χ3n) is 4.13. The molecule has 2 heterocycles. The Labute approximate surface area is 156 Å². The van der Waals surface area contributed by atoms with Crippen molar-refractivity contribution in [3.63, 3.8) is 0 Å². The van der Waals surface area contributed by atoms with Crippen LogP contribution in [0.15, 0.2) is 9.52 Å². The van der Waals surface area contributed by atoms with E-state index in [-0.39, 0.29) is 24.0 Å². The van der Waals surface area contributed by atoms with Crippen LogP contribution in [-0.2, 0) is 11.2 Å². The molecule has 0 spiro atoms. The maximum Gasteiger partial charge on any atom is 0.193 e. The molecule has 23 heavy (non-hydrogen) atoms. The van der Waals surface area contributed by atoms with Crippen LogP contribution in [0, 0.1) is 19.8 Å². The van der Waals surface area contributed by atoms with Gasteiger partial charge >= 0.3 is 0 Å². The molecule has 1 aliphatic heterocycles. The van der Waals surface area contributed by atoms with E-state index in [1.807, 2.05) is 13.8 Å². The quantitative estimate of drug-likeness (QED) is 0.422. The number of rotatable bonds is 6. The minimum atomic E-state index is 0. The Balaban J connectivity index is 0.00000264. The lowest BCUT2D eigenvalue weighted by Crippen LogP contribution is -2.40. The average molecular weight is 436 g/mol. The standard InChI is InChI=1S/C16H28N4O2.HI/c1-5-17-16(20-9-7-14(10-20)11-21-4)18-8-6-15-12(2)19-22-13(15)3;/h14H,5-11H2,1-4H3,(H,17,18);1H. The molecular formula is C16H29IN4O2. The molecule has 1 aromatic heterocycles. The van der Waals surface area contributed by atoms with E-state index in [1.165, 1.54) is 12.0 Å². The predicted octanol–water partition coefficient (Wildman–Crippen LogP) is 2.39. The number of nitrogens with one attached hydrogen (secondary N) is 1. The third kappa shape index (κ3) is 5.63. The van der Waals surface area contributed by atoms with Crippen LogP contribution in [0.3, 0.4) is 0 Å². The first kappa shape index (κ1) is 20.2. The van der Waals surface area contributed by atoms with Crippen molar-refractivity contribution in [2.75, 3.05) is 39.9 Å². The van der Waals surface area contributed by atoms with Crippen LogP contribution in [0.5, 0.6) is 0 Å². The number of aryl methyl sites for hydroxylation is 2. The fraction of sp³-hybridized carbons (Fsp3) is 0.750. The van der Waals surface area contributed by atoms with E-state index in [9.17, 15) is 0 Å². The lowest BCUT2D eigenvalue weighted by Gasteiger charge is -2.21. The Kier molecular flexibility index (Phi) is 8.90. The lowest BCUT2D eigenvalue weighted by molar-refractivity contribution is 0.157. The smallest absolute Gasteiger partial charge is 0.193 e. The zero-order valence-electron chi connectivity index (χ0n) is 14.6. The monoisotopic (exact) mass is 436 g/mol. The van der Waals surface area contributed by atoms with Crippen LogP contribution in [0.2, 0.25) is 0 Å². The minimum Gasteiger partial charge on any atom is -0.384 e. The van der Waals surface area contributed by atoms with Crippen LogP contribution in [0.4, 0.5) is 0 Å². The zero-order valence-corrected chi connectivity index (χ0v) is 16.9. The number of aliphatic imine (C=N–C) groups is 1. The van der Waals surface area contributed by atoms with Crippen molar-refractivity contribution in [3.8, 4) is 0 Å². The van der Waals surface area contributed by atoms with E-state index in [0.717, 1.165) is 56.6 Å². The number of guanidine groups is 1. The summed E-state index contributed by atoms with van der Waals surface area (Å²) in [5.74, 6) is 2.52. The molecule has 1 aliphatic rings. The topological polar surface area (TPSA) is 62.9 Å². The van der Waals surface area contributed by atoms with Gasteiger partial charge in [-0.05, 0) is 33.6 Å². The normalized spacial score (nSPS) is 18.2. The van der Waals surface area contributed by atoms with Gasteiger partial charge < -0.3 is 19.5 Å². The fourth-order valence-electron chi connectivity index (χ4n) is 2.96. The molecule has 6 nitrogen and oxygen atoms in total. The van der Waals surface area contributed by atoms with Gasteiger partial charge in [-0.15, -0.1) is 24.0 Å². The van der Waals surface area contributed by atoms with Gasteiger partial charge in [0.05, 0.1) is 12.3 Å². The van der Waals surface area contributed by atoms with E-state index in [2.05, 4.69) is 22.3 Å². The molecule has 7 heteroatoms. The molecule has 1 atom stereocenters. The summed E-state index contributed by atoms with van der Waals surface area (Å²) in [6.45, 7) is 10.6. The van der Waals surface area contributed by atoms with Gasteiger partial charge in [0.15, 0.2) is 5.96 Å². The molecule has 1 saturated heterocycles. The van der Waals surface area contributed by atoms with Gasteiger partial charge in [0.2, 0.25) is 0 Å². The summed E-state index contributed by atoms with van der Waals surface area (Å²) in [6.07, 6.45) is 2.04. The van der Waals surface area contributed by atoms with Gasteiger partial charge in [0.25, 0.3) is 0 Å². The van der Waals surface area contributed by atoms with Crippen LogP contribution in [-0.4, -0.2) is 55.9 Å². The fourth-order valence-corrected chi connectivity index (χ4v) is 2.96. The Morgan fingerprint density at radius 1 is 1.48 bits per heavy atom. The van der Waals surface area contributed by atoms with Gasteiger partial charge in [0, 0.05) is 44.8 Å². The zero-order chi connectivity index (χ0) is 15.9. The van der Waals surface area contributed by atoms with E-state index in [0.29, 0.717) is 5.92 Å². The predicted molar refractivity (Wildman–Crippen MR) is 103 cm³/mol. The first-order valence-electron chi connectivity index (χ1n) is 8.09. The number of hydrogen-bond acceptors (Lipinski definition) is 4. The highest BCUT2D eigenvalue weighted by Gasteiger charge is 2.24. The first-order valence-corrected chi connectivity index (χ1v) is 8.09. The van der Waals surface area contributed by atoms with Crippen LogP contribution in [0.25, 0.3) is 0 Å². The molecule has 0 aromatic carbocycles. The summed E-state index contributed by atoms with van der Waals surface area (Å²) in [5, 5.41) is 7.39. The van der Waals surface area contributed by atoms with Crippen LogP contribution in [0.1, 0.15) is 30.4 Å². The Hall–Kier alpha value is -0.830. The Bertz CT molecular complexity index is 485. The van der Waals surface area contributed by atoms with Crippen LogP contribution >= 0.6 is 24.0 Å². The maximum absolute atomic E-state index is 5.27. The highest BCUT2D eigenvalue weighted by atomic mass is 127. The number of hydrogen-bond donors (Lipinski definition) is 1. The van der Waals surface area contributed by atoms with Crippen molar-refractivity contribution >= 4 is 29.9 Å². The molecule has 1 N–H and O–H groups in total. The second-order valence-electron chi connectivity index (χ2n) is 5.84. The van der Waals surface area contributed by atoms with Crippen molar-refractivity contribution in [2.45, 2.75) is 33.6 Å². The van der Waals surface area contributed by atoms with E-state index >= 15 is 0 Å². The minimum absolute atomic E-state index is 0. The van der Waals surface area contributed by atoms with Gasteiger partial charge in [-0.3, -0.25) is 4.99 Å². The van der Waals surface area contributed by atoms with E-state index in [4.69, 9.17) is 14.3 Å². The van der Waals surface area contributed by atoms with E-state index in [1.54, 1.807) is 7.11 Å². The summed E-state index contributed by atoms with van der Waals surface area (Å²) in [7, 11) is 1.77. The summed E-state index contributed by atoms with van der Waals surface area (Å²) in [5.41, 5.74) is 2.15. The molecule has 1 unspecified atom stereocenters. The number of aromatic nitrogens is 1. The van der Waals surface area contributed by atoms with Crippen LogP contribution < -0.4 is 5.32 Å². The SMILES string of the molecule is CCNC(=NCCc1c(C)noc1C)N1CCC(COC)C1.I. The largest absolute Gasteiger partial charge is 0.384 e. The lowest BCUT2D eigenvalue weighted by atomic mass is 10.1. The summed E-state index contributed by atoms with van der Waals surface area (Å²) < 4.78 is 10.5. The molecule has 0 saturated carbocycles. The highest BCUT2D eigenvalue weighted by Crippen LogP contribution is 2.17. The molecule has 0 radical (unpaired) electrons. The Morgan fingerprint density at radius 3 is 2.87 bits per heavy atom. The Morgan fingerprint density at radius 2 is 2.26 bits per heavy atom. The molecule has 132 valence electrons. The number of methoxy groups -OCH3 is 1. The molecule has 1 aromatic rings. The van der Waals surface area contributed by atoms with E-state index < -0.39 is 0 Å². The number of likely N-dealkylation sites (tertiary alicyclic amines) is 1. The first-order chi connectivity index (χ1) is 10.7. The molecule has 0 aliphatic carbocycles. The van der Waals surface area contributed by atoms with Crippen molar-refractivity contribution in [1.29, 1.82) is 0 Å². The summed E-state index contributed by atoms with van der Waals surface area (Å²) >= 11 is 0. The van der Waals surface area contributed by atoms with Crippen molar-refractivity contribution in [1.82, 2.24) is 15.4 Å². The van der Waals surface area contributed by atoms with Crippen molar-refractivity contribution in [3.05, 3.63) is 17.0 Å².